The van der Waals surface area contributed by atoms with Gasteiger partial charge in [0.1, 0.15) is 5.02 Å². The van der Waals surface area contributed by atoms with Gasteiger partial charge in [-0.2, -0.15) is 5.10 Å². The Morgan fingerprint density at radius 2 is 1.64 bits per heavy atom. The fourth-order valence-corrected chi connectivity index (χ4v) is 3.34. The van der Waals surface area contributed by atoms with Gasteiger partial charge in [0.15, 0.2) is 11.6 Å². The number of rotatable bonds is 6. The zero-order valence-electron chi connectivity index (χ0n) is 14.6. The number of nitrogens with zero attached hydrogens (tertiary/aromatic N) is 2. The second-order valence-corrected chi connectivity index (χ2v) is 6.67. The summed E-state index contributed by atoms with van der Waals surface area (Å²) in [6, 6.07) is 0. The number of hydrogen-bond acceptors (Lipinski definition) is 6. The van der Waals surface area contributed by atoms with Crippen molar-refractivity contribution in [1.29, 1.82) is 0 Å². The first-order chi connectivity index (χ1) is 11.8. The van der Waals surface area contributed by atoms with Crippen LogP contribution in [0.25, 0.3) is 6.20 Å². The Bertz CT molecular complexity index is 664. The van der Waals surface area contributed by atoms with Gasteiger partial charge in [-0.05, 0) is 5.92 Å². The lowest BCUT2D eigenvalue weighted by Crippen LogP contribution is -2.52. The molecule has 0 atom stereocenters. The number of hydrogen-bond donors (Lipinski definition) is 0. The van der Waals surface area contributed by atoms with Crippen LogP contribution in [0.3, 0.4) is 0 Å². The first-order valence-corrected chi connectivity index (χ1v) is 8.41. The van der Waals surface area contributed by atoms with E-state index in [0.717, 1.165) is 4.68 Å². The SMILES string of the molecule is COC1(OC)CC(/C=C/n2ncc(Cl)c(Cl)c2=O)CC(OC)(OC)C1. The van der Waals surface area contributed by atoms with E-state index in [9.17, 15) is 4.79 Å². The third kappa shape index (κ3) is 4.24. The highest BCUT2D eigenvalue weighted by molar-refractivity contribution is 6.41. The van der Waals surface area contributed by atoms with Crippen LogP contribution in [0.5, 0.6) is 0 Å². The fourth-order valence-electron chi connectivity index (χ4n) is 3.08. The molecule has 0 aliphatic heterocycles. The molecule has 1 heterocycles. The minimum absolute atomic E-state index is 0.0447. The van der Waals surface area contributed by atoms with Gasteiger partial charge in [0.05, 0.1) is 17.6 Å². The Morgan fingerprint density at radius 3 is 2.12 bits per heavy atom. The van der Waals surface area contributed by atoms with Gasteiger partial charge in [0, 0.05) is 47.5 Å². The van der Waals surface area contributed by atoms with Crippen LogP contribution in [0.1, 0.15) is 19.3 Å². The molecule has 0 aromatic carbocycles. The van der Waals surface area contributed by atoms with E-state index < -0.39 is 17.1 Å². The summed E-state index contributed by atoms with van der Waals surface area (Å²) in [6.07, 6.45) is 6.27. The van der Waals surface area contributed by atoms with Gasteiger partial charge < -0.3 is 18.9 Å². The monoisotopic (exact) mass is 392 g/mol. The highest BCUT2D eigenvalue weighted by Gasteiger charge is 2.49. The molecule has 1 aliphatic carbocycles. The lowest BCUT2D eigenvalue weighted by atomic mass is 9.80. The molecular weight excluding hydrogens is 371 g/mol. The van der Waals surface area contributed by atoms with E-state index >= 15 is 0 Å². The highest BCUT2D eigenvalue weighted by atomic mass is 35.5. The van der Waals surface area contributed by atoms with E-state index in [0.29, 0.717) is 19.3 Å². The van der Waals surface area contributed by atoms with Crippen LogP contribution >= 0.6 is 23.2 Å². The molecule has 0 radical (unpaired) electrons. The molecular formula is C16H22Cl2N2O5. The third-order valence-corrected chi connectivity index (χ3v) is 5.32. The van der Waals surface area contributed by atoms with Gasteiger partial charge in [0.2, 0.25) is 0 Å². The van der Waals surface area contributed by atoms with E-state index in [-0.39, 0.29) is 16.0 Å². The van der Waals surface area contributed by atoms with Crippen LogP contribution in [-0.2, 0) is 18.9 Å². The predicted octanol–water partition coefficient (Wildman–Crippen LogP) is 2.80. The van der Waals surface area contributed by atoms with Crippen molar-refractivity contribution in [1.82, 2.24) is 9.78 Å². The third-order valence-electron chi connectivity index (χ3n) is 4.57. The molecule has 25 heavy (non-hydrogen) atoms. The van der Waals surface area contributed by atoms with Crippen molar-refractivity contribution in [2.75, 3.05) is 28.4 Å². The lowest BCUT2D eigenvalue weighted by Gasteiger charge is -2.47. The van der Waals surface area contributed by atoms with E-state index in [1.54, 1.807) is 34.6 Å². The maximum absolute atomic E-state index is 12.1. The molecule has 0 amide bonds. The summed E-state index contributed by atoms with van der Waals surface area (Å²) in [5, 5.41) is 3.99. The van der Waals surface area contributed by atoms with Crippen molar-refractivity contribution in [2.45, 2.75) is 30.8 Å². The van der Waals surface area contributed by atoms with Crippen LogP contribution in [0.4, 0.5) is 0 Å². The number of halogens is 2. The Morgan fingerprint density at radius 1 is 1.12 bits per heavy atom. The second kappa shape index (κ2) is 8.16. The zero-order valence-corrected chi connectivity index (χ0v) is 16.1. The Hall–Kier alpha value is -0.960. The number of allylic oxidation sites excluding steroid dienone is 1. The van der Waals surface area contributed by atoms with Crippen molar-refractivity contribution < 1.29 is 18.9 Å². The van der Waals surface area contributed by atoms with Crippen LogP contribution in [0.15, 0.2) is 17.1 Å². The maximum atomic E-state index is 12.1. The first kappa shape index (κ1) is 20.4. The van der Waals surface area contributed by atoms with Gasteiger partial charge in [-0.3, -0.25) is 4.79 Å². The fraction of sp³-hybridized carbons (Fsp3) is 0.625. The van der Waals surface area contributed by atoms with Crippen molar-refractivity contribution >= 4 is 29.4 Å². The van der Waals surface area contributed by atoms with Crippen LogP contribution < -0.4 is 5.56 Å². The molecule has 9 heteroatoms. The average molecular weight is 393 g/mol. The molecule has 0 N–H and O–H groups in total. The Kier molecular flexibility index (Phi) is 6.64. The molecule has 1 saturated carbocycles. The Labute approximate surface area is 156 Å². The molecule has 1 aromatic heterocycles. The quantitative estimate of drug-likeness (QED) is 0.693. The highest BCUT2D eigenvalue weighted by Crippen LogP contribution is 2.43. The largest absolute Gasteiger partial charge is 0.353 e. The molecule has 7 nitrogen and oxygen atoms in total. The number of ether oxygens (including phenoxy) is 4. The summed E-state index contributed by atoms with van der Waals surface area (Å²) in [4.78, 5) is 12.1. The van der Waals surface area contributed by atoms with Gasteiger partial charge in [-0.25, -0.2) is 4.68 Å². The van der Waals surface area contributed by atoms with Crippen LogP contribution in [-0.4, -0.2) is 49.8 Å². The predicted molar refractivity (Wildman–Crippen MR) is 94.7 cm³/mol. The van der Waals surface area contributed by atoms with Crippen molar-refractivity contribution in [2.24, 2.45) is 5.92 Å². The smallest absolute Gasteiger partial charge is 0.291 e. The summed E-state index contributed by atoms with van der Waals surface area (Å²) in [5.41, 5.74) is -0.490. The molecule has 1 fully saturated rings. The lowest BCUT2D eigenvalue weighted by molar-refractivity contribution is -0.320. The van der Waals surface area contributed by atoms with Gasteiger partial charge >= 0.3 is 0 Å². The Balaban J connectivity index is 2.31. The van der Waals surface area contributed by atoms with Crippen LogP contribution in [0, 0.1) is 5.92 Å². The minimum Gasteiger partial charge on any atom is -0.353 e. The number of aromatic nitrogens is 2. The normalized spacial score (nSPS) is 20.2. The van der Waals surface area contributed by atoms with Gasteiger partial charge in [-0.15, -0.1) is 0 Å². The molecule has 140 valence electrons. The minimum atomic E-state index is -0.852. The summed E-state index contributed by atoms with van der Waals surface area (Å²) < 4.78 is 23.5. The molecule has 1 aliphatic rings. The van der Waals surface area contributed by atoms with Gasteiger partial charge in [0.25, 0.3) is 5.56 Å². The summed E-state index contributed by atoms with van der Waals surface area (Å²) in [7, 11) is 6.32. The first-order valence-electron chi connectivity index (χ1n) is 7.66. The van der Waals surface area contributed by atoms with E-state index in [1.807, 2.05) is 6.08 Å². The topological polar surface area (TPSA) is 71.8 Å². The zero-order chi connectivity index (χ0) is 18.7. The maximum Gasteiger partial charge on any atom is 0.291 e. The summed E-state index contributed by atoms with van der Waals surface area (Å²) in [5.74, 6) is -1.75. The van der Waals surface area contributed by atoms with E-state index in [1.165, 1.54) is 6.20 Å². The average Bonchev–Trinajstić information content (AvgIpc) is 2.65. The van der Waals surface area contributed by atoms with Crippen molar-refractivity contribution in [3.63, 3.8) is 0 Å². The van der Waals surface area contributed by atoms with E-state index in [4.69, 9.17) is 42.1 Å². The molecule has 0 spiro atoms. The van der Waals surface area contributed by atoms with Gasteiger partial charge in [-0.1, -0.05) is 29.3 Å². The van der Waals surface area contributed by atoms with Crippen molar-refractivity contribution in [3.8, 4) is 0 Å². The summed E-state index contributed by atoms with van der Waals surface area (Å²) in [6.45, 7) is 0. The van der Waals surface area contributed by atoms with Crippen LogP contribution in [0.2, 0.25) is 10.0 Å². The molecule has 0 saturated heterocycles. The number of methoxy groups -OCH3 is 4. The standard InChI is InChI=1S/C16H22Cl2N2O5/c1-22-15(23-2)7-11(8-16(10-15,24-3)25-4)5-6-20-14(21)13(18)12(17)9-19-20/h5-6,9,11H,7-8,10H2,1-4H3/b6-5+. The van der Waals surface area contributed by atoms with Crippen molar-refractivity contribution in [3.05, 3.63) is 32.7 Å². The molecule has 0 bridgehead atoms. The molecule has 0 unspecified atom stereocenters. The van der Waals surface area contributed by atoms with E-state index in [2.05, 4.69) is 5.10 Å². The second-order valence-electron chi connectivity index (χ2n) is 5.88. The molecule has 2 rings (SSSR count). The summed E-state index contributed by atoms with van der Waals surface area (Å²) >= 11 is 11.7. The molecule has 1 aromatic rings.